The fraction of sp³-hybridized carbons (Fsp3) is 0.500. The molecule has 1 aromatic carbocycles. The standard InChI is InChI=1S/C18H25N3O/c1-3-18-19-13(2)16(20-18)11-21-10-9-15(17(22)12-21)14-7-5-4-6-8-14/h4-8,15,17,22H,3,9-12H2,1-2H3,(H,19,20)/t15-,17-/m1/s1. The molecule has 0 spiro atoms. The average Bonchev–Trinajstić information content (AvgIpc) is 2.88. The normalized spacial score (nSPS) is 22.9. The van der Waals surface area contributed by atoms with E-state index in [2.05, 4.69) is 40.8 Å². The molecule has 118 valence electrons. The Morgan fingerprint density at radius 3 is 2.73 bits per heavy atom. The lowest BCUT2D eigenvalue weighted by Gasteiger charge is -2.36. The van der Waals surface area contributed by atoms with Crippen molar-refractivity contribution in [2.45, 2.75) is 45.3 Å². The number of rotatable bonds is 4. The Bertz CT molecular complexity index is 608. The highest BCUT2D eigenvalue weighted by molar-refractivity contribution is 5.22. The van der Waals surface area contributed by atoms with Crippen LogP contribution in [0.3, 0.4) is 0 Å². The lowest BCUT2D eigenvalue weighted by molar-refractivity contribution is 0.0471. The Balaban J connectivity index is 1.64. The number of piperidine rings is 1. The van der Waals surface area contributed by atoms with E-state index in [1.807, 2.05) is 18.2 Å². The Labute approximate surface area is 132 Å². The molecule has 22 heavy (non-hydrogen) atoms. The number of imidazole rings is 1. The Kier molecular flexibility index (Phi) is 4.60. The van der Waals surface area contributed by atoms with Crippen LogP contribution < -0.4 is 0 Å². The number of β-amino-alcohol motifs (C(OH)–C–C–N with tert-alkyl or cyclic N) is 1. The topological polar surface area (TPSA) is 52.1 Å². The number of likely N-dealkylation sites (tertiary alicyclic amines) is 1. The van der Waals surface area contributed by atoms with Gasteiger partial charge in [0.25, 0.3) is 0 Å². The summed E-state index contributed by atoms with van der Waals surface area (Å²) in [7, 11) is 0. The molecule has 0 bridgehead atoms. The predicted octanol–water partition coefficient (Wildman–Crippen LogP) is 2.63. The Morgan fingerprint density at radius 2 is 2.09 bits per heavy atom. The summed E-state index contributed by atoms with van der Waals surface area (Å²) in [5.74, 6) is 1.30. The van der Waals surface area contributed by atoms with Crippen LogP contribution in [-0.4, -0.2) is 39.2 Å². The molecule has 2 N–H and O–H groups in total. The molecular formula is C18H25N3O. The molecule has 0 amide bonds. The van der Waals surface area contributed by atoms with Crippen molar-refractivity contribution in [1.29, 1.82) is 0 Å². The third-order valence-corrected chi connectivity index (χ3v) is 4.64. The summed E-state index contributed by atoms with van der Waals surface area (Å²) in [5, 5.41) is 10.5. The van der Waals surface area contributed by atoms with Crippen LogP contribution in [0.5, 0.6) is 0 Å². The molecule has 3 rings (SSSR count). The smallest absolute Gasteiger partial charge is 0.106 e. The molecule has 1 aromatic heterocycles. The summed E-state index contributed by atoms with van der Waals surface area (Å²) in [4.78, 5) is 10.3. The van der Waals surface area contributed by atoms with E-state index in [1.165, 1.54) is 5.56 Å². The molecule has 2 aromatic rings. The van der Waals surface area contributed by atoms with Crippen molar-refractivity contribution in [1.82, 2.24) is 14.9 Å². The van der Waals surface area contributed by atoms with Gasteiger partial charge in [0.2, 0.25) is 0 Å². The summed E-state index contributed by atoms with van der Waals surface area (Å²) in [6, 6.07) is 10.4. The highest BCUT2D eigenvalue weighted by atomic mass is 16.3. The number of aliphatic hydroxyl groups is 1. The summed E-state index contributed by atoms with van der Waals surface area (Å²) in [6.07, 6.45) is 1.62. The summed E-state index contributed by atoms with van der Waals surface area (Å²) in [5.41, 5.74) is 3.51. The van der Waals surface area contributed by atoms with Crippen LogP contribution in [0.15, 0.2) is 30.3 Å². The Hall–Kier alpha value is -1.65. The van der Waals surface area contributed by atoms with E-state index >= 15 is 0 Å². The molecular weight excluding hydrogens is 274 g/mol. The van der Waals surface area contributed by atoms with Gasteiger partial charge in [-0.05, 0) is 25.5 Å². The lowest BCUT2D eigenvalue weighted by atomic mass is 9.87. The summed E-state index contributed by atoms with van der Waals surface area (Å²) < 4.78 is 0. The van der Waals surface area contributed by atoms with Gasteiger partial charge in [-0.15, -0.1) is 0 Å². The van der Waals surface area contributed by atoms with E-state index in [4.69, 9.17) is 0 Å². The molecule has 4 nitrogen and oxygen atoms in total. The van der Waals surface area contributed by atoms with Crippen molar-refractivity contribution in [3.63, 3.8) is 0 Å². The number of benzene rings is 1. The first-order valence-corrected chi connectivity index (χ1v) is 8.17. The fourth-order valence-electron chi connectivity index (χ4n) is 3.33. The van der Waals surface area contributed by atoms with Gasteiger partial charge in [0, 0.05) is 31.1 Å². The van der Waals surface area contributed by atoms with Crippen LogP contribution in [0.25, 0.3) is 0 Å². The minimum absolute atomic E-state index is 0.254. The molecule has 0 unspecified atom stereocenters. The molecule has 1 fully saturated rings. The van der Waals surface area contributed by atoms with E-state index in [9.17, 15) is 5.11 Å². The molecule has 0 aliphatic carbocycles. The van der Waals surface area contributed by atoms with Gasteiger partial charge in [-0.3, -0.25) is 4.90 Å². The van der Waals surface area contributed by atoms with Crippen LogP contribution in [0.2, 0.25) is 0 Å². The summed E-state index contributed by atoms with van der Waals surface area (Å²) >= 11 is 0. The van der Waals surface area contributed by atoms with Crippen molar-refractivity contribution >= 4 is 0 Å². The number of nitrogens with zero attached hydrogens (tertiary/aromatic N) is 2. The van der Waals surface area contributed by atoms with Gasteiger partial charge < -0.3 is 10.1 Å². The monoisotopic (exact) mass is 299 g/mol. The second-order valence-electron chi connectivity index (χ2n) is 6.22. The van der Waals surface area contributed by atoms with E-state index in [0.29, 0.717) is 6.54 Å². The molecule has 2 heterocycles. The van der Waals surface area contributed by atoms with E-state index in [0.717, 1.165) is 43.1 Å². The van der Waals surface area contributed by atoms with Gasteiger partial charge in [0.15, 0.2) is 0 Å². The second kappa shape index (κ2) is 6.63. The number of aryl methyl sites for hydroxylation is 2. The van der Waals surface area contributed by atoms with Crippen LogP contribution in [0.4, 0.5) is 0 Å². The zero-order valence-electron chi connectivity index (χ0n) is 13.4. The first kappa shape index (κ1) is 15.3. The summed E-state index contributed by atoms with van der Waals surface area (Å²) in [6.45, 7) is 6.73. The largest absolute Gasteiger partial charge is 0.391 e. The minimum Gasteiger partial charge on any atom is -0.391 e. The van der Waals surface area contributed by atoms with Gasteiger partial charge in [0.1, 0.15) is 5.82 Å². The highest BCUT2D eigenvalue weighted by Crippen LogP contribution is 2.29. The molecule has 1 aliphatic heterocycles. The highest BCUT2D eigenvalue weighted by Gasteiger charge is 2.29. The second-order valence-corrected chi connectivity index (χ2v) is 6.22. The van der Waals surface area contributed by atoms with E-state index in [-0.39, 0.29) is 12.0 Å². The fourth-order valence-corrected chi connectivity index (χ4v) is 3.33. The lowest BCUT2D eigenvalue weighted by Crippen LogP contribution is -2.42. The maximum Gasteiger partial charge on any atom is 0.106 e. The van der Waals surface area contributed by atoms with Crippen LogP contribution in [0, 0.1) is 6.92 Å². The average molecular weight is 299 g/mol. The molecule has 2 atom stereocenters. The minimum atomic E-state index is -0.305. The SMILES string of the molecule is CCc1nc(CN2CC[C@H](c3ccccc3)[C@H](O)C2)c(C)[nH]1. The number of nitrogens with one attached hydrogen (secondary N) is 1. The molecule has 4 heteroatoms. The first-order valence-electron chi connectivity index (χ1n) is 8.17. The number of hydrogen-bond donors (Lipinski definition) is 2. The molecule has 0 saturated carbocycles. The van der Waals surface area contributed by atoms with Crippen molar-refractivity contribution in [2.75, 3.05) is 13.1 Å². The number of aromatic amines is 1. The molecule has 0 radical (unpaired) electrons. The van der Waals surface area contributed by atoms with Crippen molar-refractivity contribution < 1.29 is 5.11 Å². The number of aromatic nitrogens is 2. The van der Waals surface area contributed by atoms with Gasteiger partial charge in [0.05, 0.1) is 11.8 Å². The first-order chi connectivity index (χ1) is 10.7. The van der Waals surface area contributed by atoms with Crippen LogP contribution in [-0.2, 0) is 13.0 Å². The van der Waals surface area contributed by atoms with Crippen molar-refractivity contribution in [3.05, 3.63) is 53.1 Å². The Morgan fingerprint density at radius 1 is 1.32 bits per heavy atom. The van der Waals surface area contributed by atoms with Crippen molar-refractivity contribution in [3.8, 4) is 0 Å². The third kappa shape index (κ3) is 3.23. The van der Waals surface area contributed by atoms with E-state index in [1.54, 1.807) is 0 Å². The van der Waals surface area contributed by atoms with Gasteiger partial charge in [-0.2, -0.15) is 0 Å². The predicted molar refractivity (Wildman–Crippen MR) is 87.8 cm³/mol. The van der Waals surface area contributed by atoms with Gasteiger partial charge in [-0.1, -0.05) is 37.3 Å². The third-order valence-electron chi connectivity index (χ3n) is 4.64. The maximum absolute atomic E-state index is 10.5. The van der Waals surface area contributed by atoms with Crippen LogP contribution >= 0.6 is 0 Å². The number of aliphatic hydroxyl groups excluding tert-OH is 1. The van der Waals surface area contributed by atoms with Crippen molar-refractivity contribution in [2.24, 2.45) is 0 Å². The molecule has 1 saturated heterocycles. The number of hydrogen-bond acceptors (Lipinski definition) is 3. The molecule has 1 aliphatic rings. The number of H-pyrrole nitrogens is 1. The quantitative estimate of drug-likeness (QED) is 0.912. The van der Waals surface area contributed by atoms with Gasteiger partial charge in [-0.25, -0.2) is 4.98 Å². The van der Waals surface area contributed by atoms with E-state index < -0.39 is 0 Å². The van der Waals surface area contributed by atoms with Gasteiger partial charge >= 0.3 is 0 Å². The zero-order chi connectivity index (χ0) is 15.5. The zero-order valence-corrected chi connectivity index (χ0v) is 13.4. The van der Waals surface area contributed by atoms with Crippen LogP contribution in [0.1, 0.15) is 42.0 Å². The maximum atomic E-state index is 10.5.